The van der Waals surface area contributed by atoms with Gasteiger partial charge in [0.25, 0.3) is 10.2 Å². The first kappa shape index (κ1) is 17.2. The summed E-state index contributed by atoms with van der Waals surface area (Å²) in [6.45, 7) is 8.46. The number of rotatable bonds is 4. The zero-order valence-corrected chi connectivity index (χ0v) is 14.8. The van der Waals surface area contributed by atoms with E-state index in [0.717, 1.165) is 32.4 Å². The van der Waals surface area contributed by atoms with Crippen LogP contribution in [-0.2, 0) is 10.2 Å². The number of hydrogen-bond acceptors (Lipinski definition) is 3. The lowest BCUT2D eigenvalue weighted by Crippen LogP contribution is -2.49. The van der Waals surface area contributed by atoms with Gasteiger partial charge < -0.3 is 4.90 Å². The SMILES string of the molecule is C[C@H]1C[C@H](C)CN(S(=O)(=O)N(C)CC2CCN(C)CC2)C1. The Morgan fingerprint density at radius 2 is 1.62 bits per heavy atom. The van der Waals surface area contributed by atoms with E-state index in [2.05, 4.69) is 25.8 Å². The third kappa shape index (κ3) is 4.41. The highest BCUT2D eigenvalue weighted by atomic mass is 32.2. The number of nitrogens with zero attached hydrogens (tertiary/aromatic N) is 3. The minimum Gasteiger partial charge on any atom is -0.306 e. The van der Waals surface area contributed by atoms with Crippen LogP contribution in [0.1, 0.15) is 33.1 Å². The average molecular weight is 317 g/mol. The van der Waals surface area contributed by atoms with E-state index in [4.69, 9.17) is 0 Å². The van der Waals surface area contributed by atoms with Crippen molar-refractivity contribution in [2.45, 2.75) is 33.1 Å². The summed E-state index contributed by atoms with van der Waals surface area (Å²) < 4.78 is 28.8. The van der Waals surface area contributed by atoms with Crippen LogP contribution in [0.2, 0.25) is 0 Å². The molecule has 21 heavy (non-hydrogen) atoms. The van der Waals surface area contributed by atoms with Crippen LogP contribution >= 0.6 is 0 Å². The van der Waals surface area contributed by atoms with Gasteiger partial charge >= 0.3 is 0 Å². The Morgan fingerprint density at radius 1 is 1.10 bits per heavy atom. The Kier molecular flexibility index (Phi) is 5.68. The molecule has 0 aliphatic carbocycles. The van der Waals surface area contributed by atoms with Crippen LogP contribution in [0.3, 0.4) is 0 Å². The van der Waals surface area contributed by atoms with Crippen molar-refractivity contribution in [2.75, 3.05) is 46.8 Å². The second kappa shape index (κ2) is 6.94. The molecule has 2 rings (SSSR count). The quantitative estimate of drug-likeness (QED) is 0.789. The normalized spacial score (nSPS) is 30.9. The minimum absolute atomic E-state index is 0.459. The molecule has 0 saturated carbocycles. The van der Waals surface area contributed by atoms with Crippen molar-refractivity contribution >= 4 is 10.2 Å². The molecule has 0 aromatic heterocycles. The van der Waals surface area contributed by atoms with Crippen molar-refractivity contribution in [3.63, 3.8) is 0 Å². The summed E-state index contributed by atoms with van der Waals surface area (Å²) in [5, 5.41) is 0. The summed E-state index contributed by atoms with van der Waals surface area (Å²) in [5.74, 6) is 1.42. The van der Waals surface area contributed by atoms with Crippen molar-refractivity contribution in [1.82, 2.24) is 13.5 Å². The molecule has 0 aromatic carbocycles. The van der Waals surface area contributed by atoms with Gasteiger partial charge in [-0.25, -0.2) is 0 Å². The van der Waals surface area contributed by atoms with Gasteiger partial charge in [0, 0.05) is 26.7 Å². The molecular formula is C15H31N3O2S. The van der Waals surface area contributed by atoms with Gasteiger partial charge in [0.15, 0.2) is 0 Å². The Balaban J connectivity index is 1.95. The molecule has 2 heterocycles. The molecule has 6 heteroatoms. The molecule has 5 nitrogen and oxygen atoms in total. The van der Waals surface area contributed by atoms with Gasteiger partial charge in [-0.15, -0.1) is 0 Å². The zero-order valence-electron chi connectivity index (χ0n) is 14.0. The molecule has 2 atom stereocenters. The second-order valence-electron chi connectivity index (χ2n) is 7.30. The van der Waals surface area contributed by atoms with Gasteiger partial charge in [0.05, 0.1) is 0 Å². The molecule has 0 amide bonds. The molecule has 2 saturated heterocycles. The van der Waals surface area contributed by atoms with Crippen LogP contribution < -0.4 is 0 Å². The zero-order chi connectivity index (χ0) is 15.6. The summed E-state index contributed by atoms with van der Waals surface area (Å²) in [6.07, 6.45) is 3.33. The van der Waals surface area contributed by atoms with Gasteiger partial charge in [-0.05, 0) is 57.2 Å². The molecular weight excluding hydrogens is 286 g/mol. The lowest BCUT2D eigenvalue weighted by Gasteiger charge is -2.37. The molecule has 124 valence electrons. The Hall–Kier alpha value is -0.170. The summed E-state index contributed by atoms with van der Waals surface area (Å²) in [4.78, 5) is 2.32. The molecule has 0 N–H and O–H groups in total. The van der Waals surface area contributed by atoms with Gasteiger partial charge in [0.1, 0.15) is 0 Å². The second-order valence-corrected chi connectivity index (χ2v) is 9.33. The first-order chi connectivity index (χ1) is 9.79. The molecule has 2 aliphatic rings. The monoisotopic (exact) mass is 317 g/mol. The van der Waals surface area contributed by atoms with Crippen molar-refractivity contribution < 1.29 is 8.42 Å². The van der Waals surface area contributed by atoms with Gasteiger partial charge in [-0.1, -0.05) is 13.8 Å². The Labute approximate surface area is 130 Å². The van der Waals surface area contributed by atoms with E-state index in [9.17, 15) is 8.42 Å². The topological polar surface area (TPSA) is 43.9 Å². The predicted molar refractivity (Wildman–Crippen MR) is 86.3 cm³/mol. The summed E-state index contributed by atoms with van der Waals surface area (Å²) in [7, 11) is 0.592. The van der Waals surface area contributed by atoms with Crippen LogP contribution in [0.25, 0.3) is 0 Å². The van der Waals surface area contributed by atoms with E-state index in [1.54, 1.807) is 15.7 Å². The number of likely N-dealkylation sites (tertiary alicyclic amines) is 1. The fourth-order valence-electron chi connectivity index (χ4n) is 3.69. The van der Waals surface area contributed by atoms with Gasteiger partial charge in [0.2, 0.25) is 0 Å². The summed E-state index contributed by atoms with van der Waals surface area (Å²) >= 11 is 0. The van der Waals surface area contributed by atoms with Gasteiger partial charge in [-0.3, -0.25) is 0 Å². The lowest BCUT2D eigenvalue weighted by molar-refractivity contribution is 0.187. The number of hydrogen-bond donors (Lipinski definition) is 0. The fourth-order valence-corrected chi connectivity index (χ4v) is 5.37. The fraction of sp³-hybridized carbons (Fsp3) is 1.00. The van der Waals surface area contributed by atoms with Crippen molar-refractivity contribution in [2.24, 2.45) is 17.8 Å². The maximum atomic E-state index is 12.8. The molecule has 2 fully saturated rings. The minimum atomic E-state index is -3.29. The molecule has 0 aromatic rings. The van der Waals surface area contributed by atoms with E-state index in [0.29, 0.717) is 37.4 Å². The van der Waals surface area contributed by atoms with Crippen LogP contribution in [0.4, 0.5) is 0 Å². The summed E-state index contributed by atoms with van der Waals surface area (Å²) in [5.41, 5.74) is 0. The first-order valence-electron chi connectivity index (χ1n) is 8.19. The third-order valence-electron chi connectivity index (χ3n) is 4.91. The highest BCUT2D eigenvalue weighted by Gasteiger charge is 2.34. The van der Waals surface area contributed by atoms with E-state index in [1.165, 1.54) is 0 Å². The largest absolute Gasteiger partial charge is 0.306 e. The van der Waals surface area contributed by atoms with Crippen molar-refractivity contribution in [1.29, 1.82) is 0 Å². The van der Waals surface area contributed by atoms with E-state index in [1.807, 2.05) is 0 Å². The molecule has 0 unspecified atom stereocenters. The van der Waals surface area contributed by atoms with E-state index < -0.39 is 10.2 Å². The number of piperidine rings is 2. The maximum absolute atomic E-state index is 12.8. The van der Waals surface area contributed by atoms with Crippen LogP contribution in [0, 0.1) is 17.8 Å². The predicted octanol–water partition coefficient (Wildman–Crippen LogP) is 1.48. The van der Waals surface area contributed by atoms with E-state index in [-0.39, 0.29) is 0 Å². The Bertz CT molecular complexity index is 422. The van der Waals surface area contributed by atoms with Crippen molar-refractivity contribution in [3.05, 3.63) is 0 Å². The van der Waals surface area contributed by atoms with E-state index >= 15 is 0 Å². The van der Waals surface area contributed by atoms with Crippen LogP contribution in [-0.4, -0.2) is 68.7 Å². The average Bonchev–Trinajstić information content (AvgIpc) is 2.40. The first-order valence-corrected chi connectivity index (χ1v) is 9.58. The van der Waals surface area contributed by atoms with Crippen molar-refractivity contribution in [3.8, 4) is 0 Å². The smallest absolute Gasteiger partial charge is 0.281 e. The molecule has 2 aliphatic heterocycles. The highest BCUT2D eigenvalue weighted by Crippen LogP contribution is 2.25. The maximum Gasteiger partial charge on any atom is 0.281 e. The van der Waals surface area contributed by atoms with Gasteiger partial charge in [-0.2, -0.15) is 17.0 Å². The molecule has 0 radical (unpaired) electrons. The highest BCUT2D eigenvalue weighted by molar-refractivity contribution is 7.86. The molecule has 0 spiro atoms. The third-order valence-corrected chi connectivity index (χ3v) is 6.80. The van der Waals surface area contributed by atoms with Crippen LogP contribution in [0.15, 0.2) is 0 Å². The van der Waals surface area contributed by atoms with Crippen LogP contribution in [0.5, 0.6) is 0 Å². The standard InChI is InChI=1S/C15H31N3O2S/c1-13-9-14(2)11-18(10-13)21(19,20)17(4)12-15-5-7-16(3)8-6-15/h13-15H,5-12H2,1-4H3/t13-,14-/m0/s1. The summed E-state index contributed by atoms with van der Waals surface area (Å²) in [6, 6.07) is 0. The molecule has 0 bridgehead atoms. The Morgan fingerprint density at radius 3 is 2.14 bits per heavy atom. The lowest BCUT2D eigenvalue weighted by atomic mass is 9.94.